The van der Waals surface area contributed by atoms with E-state index in [0.717, 1.165) is 76.6 Å². The third kappa shape index (κ3) is 4.29. The number of aromatic nitrogens is 2. The van der Waals surface area contributed by atoms with Gasteiger partial charge in [0.2, 0.25) is 0 Å². The number of rotatable bonds is 6. The summed E-state index contributed by atoms with van der Waals surface area (Å²) in [6.45, 7) is 6.13. The van der Waals surface area contributed by atoms with Crippen LogP contribution in [-0.2, 0) is 9.47 Å². The summed E-state index contributed by atoms with van der Waals surface area (Å²) in [5.41, 5.74) is 1.41. The zero-order valence-corrected chi connectivity index (χ0v) is 15.8. The third-order valence-electron chi connectivity index (χ3n) is 6.20. The van der Waals surface area contributed by atoms with Crippen LogP contribution in [0, 0.1) is 18.8 Å². The summed E-state index contributed by atoms with van der Waals surface area (Å²) < 4.78 is 12.1. The lowest BCUT2D eigenvalue weighted by Gasteiger charge is -2.46. The van der Waals surface area contributed by atoms with E-state index in [4.69, 9.17) is 9.47 Å². The van der Waals surface area contributed by atoms with Crippen molar-refractivity contribution in [1.82, 2.24) is 15.1 Å². The van der Waals surface area contributed by atoms with Gasteiger partial charge in [-0.2, -0.15) is 5.10 Å². The average molecular weight is 361 g/mol. The minimum Gasteiger partial charge on any atom is -0.381 e. The van der Waals surface area contributed by atoms with E-state index in [9.17, 15) is 4.79 Å². The summed E-state index contributed by atoms with van der Waals surface area (Å²) in [6.07, 6.45) is 7.98. The zero-order chi connectivity index (χ0) is 18.0. The van der Waals surface area contributed by atoms with Crippen molar-refractivity contribution in [3.05, 3.63) is 17.5 Å². The highest BCUT2D eigenvalue weighted by Crippen LogP contribution is 2.39. The molecule has 6 heteroatoms. The summed E-state index contributed by atoms with van der Waals surface area (Å²) in [6, 6.07) is 1.82. The summed E-state index contributed by atoms with van der Waals surface area (Å²) >= 11 is 0. The van der Waals surface area contributed by atoms with E-state index >= 15 is 0 Å². The molecule has 1 saturated carbocycles. The van der Waals surface area contributed by atoms with E-state index in [0.29, 0.717) is 11.6 Å². The fourth-order valence-corrected chi connectivity index (χ4v) is 4.32. The monoisotopic (exact) mass is 361 g/mol. The van der Waals surface area contributed by atoms with Gasteiger partial charge in [-0.3, -0.25) is 9.89 Å². The van der Waals surface area contributed by atoms with E-state index in [1.165, 1.54) is 12.8 Å². The number of piperidine rings is 1. The van der Waals surface area contributed by atoms with Crippen LogP contribution < -0.4 is 0 Å². The van der Waals surface area contributed by atoms with Crippen LogP contribution in [-0.4, -0.2) is 59.5 Å². The number of H-pyrrole nitrogens is 1. The second kappa shape index (κ2) is 7.69. The number of nitrogens with zero attached hydrogens (tertiary/aromatic N) is 2. The highest BCUT2D eigenvalue weighted by atomic mass is 16.5. The van der Waals surface area contributed by atoms with Crippen molar-refractivity contribution < 1.29 is 14.3 Å². The van der Waals surface area contributed by atoms with Gasteiger partial charge in [0.05, 0.1) is 5.60 Å². The first-order chi connectivity index (χ1) is 12.6. The van der Waals surface area contributed by atoms with Gasteiger partial charge in [0.1, 0.15) is 5.69 Å². The van der Waals surface area contributed by atoms with Crippen LogP contribution in [0.1, 0.15) is 61.1 Å². The van der Waals surface area contributed by atoms with Gasteiger partial charge in [0.15, 0.2) is 0 Å². The number of carbonyl (C=O) groups is 1. The molecule has 1 spiro atoms. The maximum atomic E-state index is 12.6. The Hall–Kier alpha value is -1.40. The predicted octanol–water partition coefficient (Wildman–Crippen LogP) is 2.94. The summed E-state index contributed by atoms with van der Waals surface area (Å²) in [5.74, 6) is 1.57. The molecule has 0 aromatic carbocycles. The van der Waals surface area contributed by atoms with E-state index in [-0.39, 0.29) is 11.5 Å². The molecule has 1 aromatic rings. The van der Waals surface area contributed by atoms with E-state index in [1.807, 2.05) is 17.9 Å². The second-order valence-corrected chi connectivity index (χ2v) is 8.43. The Bertz CT molecular complexity index is 618. The van der Waals surface area contributed by atoms with Gasteiger partial charge in [0.25, 0.3) is 5.91 Å². The van der Waals surface area contributed by atoms with Crippen LogP contribution >= 0.6 is 0 Å². The molecular formula is C20H31N3O3. The summed E-state index contributed by atoms with van der Waals surface area (Å²) in [7, 11) is 0. The fourth-order valence-electron chi connectivity index (χ4n) is 4.32. The first-order valence-corrected chi connectivity index (χ1v) is 10.2. The third-order valence-corrected chi connectivity index (χ3v) is 6.20. The largest absolute Gasteiger partial charge is 0.381 e. The molecule has 2 saturated heterocycles. The van der Waals surface area contributed by atoms with Crippen molar-refractivity contribution in [1.29, 1.82) is 0 Å². The Labute approximate surface area is 155 Å². The number of hydrogen-bond donors (Lipinski definition) is 1. The van der Waals surface area contributed by atoms with Crippen molar-refractivity contribution in [2.45, 2.75) is 57.5 Å². The Morgan fingerprint density at radius 2 is 2.15 bits per heavy atom. The molecule has 2 aliphatic heterocycles. The average Bonchev–Trinajstić information content (AvgIpc) is 3.38. The second-order valence-electron chi connectivity index (χ2n) is 8.43. The van der Waals surface area contributed by atoms with E-state index in [2.05, 4.69) is 10.2 Å². The van der Waals surface area contributed by atoms with Gasteiger partial charge in [-0.1, -0.05) is 0 Å². The molecule has 3 fully saturated rings. The number of amides is 1. The molecule has 1 aliphatic carbocycles. The molecule has 3 aliphatic rings. The van der Waals surface area contributed by atoms with Crippen molar-refractivity contribution >= 4 is 5.91 Å². The zero-order valence-electron chi connectivity index (χ0n) is 15.8. The Morgan fingerprint density at radius 1 is 1.35 bits per heavy atom. The van der Waals surface area contributed by atoms with Crippen molar-refractivity contribution in [2.75, 3.05) is 32.9 Å². The van der Waals surface area contributed by atoms with Crippen LogP contribution in [0.2, 0.25) is 0 Å². The summed E-state index contributed by atoms with van der Waals surface area (Å²) in [5, 5.41) is 6.96. The first-order valence-electron chi connectivity index (χ1n) is 10.2. The smallest absolute Gasteiger partial charge is 0.274 e. The van der Waals surface area contributed by atoms with Crippen molar-refractivity contribution in [2.24, 2.45) is 11.8 Å². The van der Waals surface area contributed by atoms with Gasteiger partial charge >= 0.3 is 0 Å². The topological polar surface area (TPSA) is 67.5 Å². The van der Waals surface area contributed by atoms with E-state index < -0.39 is 0 Å². The lowest BCUT2D eigenvalue weighted by atomic mass is 9.78. The molecule has 6 nitrogen and oxygen atoms in total. The summed E-state index contributed by atoms with van der Waals surface area (Å²) in [4.78, 5) is 14.5. The van der Waals surface area contributed by atoms with Crippen LogP contribution in [0.3, 0.4) is 0 Å². The number of likely N-dealkylation sites (tertiary alicyclic amines) is 1. The molecule has 1 aromatic heterocycles. The van der Waals surface area contributed by atoms with Crippen LogP contribution in [0.15, 0.2) is 6.07 Å². The molecule has 1 atom stereocenters. The lowest BCUT2D eigenvalue weighted by molar-refractivity contribution is -0.126. The van der Waals surface area contributed by atoms with Gasteiger partial charge in [-0.05, 0) is 69.8 Å². The van der Waals surface area contributed by atoms with Crippen LogP contribution in [0.5, 0.6) is 0 Å². The molecular weight excluding hydrogens is 330 g/mol. The number of carbonyl (C=O) groups excluding carboxylic acids is 1. The van der Waals surface area contributed by atoms with Crippen molar-refractivity contribution in [3.63, 3.8) is 0 Å². The Balaban J connectivity index is 1.24. The van der Waals surface area contributed by atoms with Gasteiger partial charge in [-0.25, -0.2) is 0 Å². The van der Waals surface area contributed by atoms with Gasteiger partial charge < -0.3 is 14.4 Å². The minimum atomic E-state index is -0.0301. The molecule has 144 valence electrons. The molecule has 3 heterocycles. The predicted molar refractivity (Wildman–Crippen MR) is 98.0 cm³/mol. The molecule has 1 amide bonds. The maximum Gasteiger partial charge on any atom is 0.274 e. The molecule has 1 unspecified atom stereocenters. The fraction of sp³-hybridized carbons (Fsp3) is 0.800. The molecule has 1 N–H and O–H groups in total. The Morgan fingerprint density at radius 3 is 2.85 bits per heavy atom. The highest BCUT2D eigenvalue weighted by molar-refractivity contribution is 5.92. The minimum absolute atomic E-state index is 0.0301. The Kier molecular flexibility index (Phi) is 5.32. The lowest BCUT2D eigenvalue weighted by Crippen LogP contribution is -2.51. The SMILES string of the molecule is Cc1cc(C(=O)N2CCC3(CC2)CC(CCOCC2CC2)CCO3)n[nH]1. The molecule has 26 heavy (non-hydrogen) atoms. The normalized spacial score (nSPS) is 25.6. The number of ether oxygens (including phenoxy) is 2. The van der Waals surface area contributed by atoms with Crippen LogP contribution in [0.25, 0.3) is 0 Å². The number of hydrogen-bond acceptors (Lipinski definition) is 4. The maximum absolute atomic E-state index is 12.6. The number of aryl methyl sites for hydroxylation is 1. The van der Waals surface area contributed by atoms with Crippen molar-refractivity contribution in [3.8, 4) is 0 Å². The number of aromatic amines is 1. The van der Waals surface area contributed by atoms with Crippen LogP contribution in [0.4, 0.5) is 0 Å². The van der Waals surface area contributed by atoms with Gasteiger partial charge in [0, 0.05) is 38.6 Å². The highest BCUT2D eigenvalue weighted by Gasteiger charge is 2.41. The molecule has 0 bridgehead atoms. The molecule has 0 radical (unpaired) electrons. The quantitative estimate of drug-likeness (QED) is 0.791. The standard InChI is InChI=1S/C20H31N3O3/c1-15-12-18(22-21-15)19(24)23-8-6-20(7-9-23)13-16(5-11-26-20)4-10-25-14-17-2-3-17/h12,16-17H,2-11,13-14H2,1H3,(H,21,22). The van der Waals surface area contributed by atoms with E-state index in [1.54, 1.807) is 0 Å². The first kappa shape index (κ1) is 18.0. The van der Waals surface area contributed by atoms with Gasteiger partial charge in [-0.15, -0.1) is 0 Å². The molecule has 4 rings (SSSR count). The number of nitrogens with one attached hydrogen (secondary N) is 1.